The molecule has 3 N–H and O–H groups in total. The average molecular weight is 477 g/mol. The molecule has 7 nitrogen and oxygen atoms in total. The molecular weight excluding hydrogens is 444 g/mol. The van der Waals surface area contributed by atoms with E-state index in [1.807, 2.05) is 24.3 Å². The molecule has 3 aliphatic carbocycles. The molecule has 0 spiro atoms. The van der Waals surface area contributed by atoms with Crippen molar-refractivity contribution in [3.63, 3.8) is 0 Å². The summed E-state index contributed by atoms with van der Waals surface area (Å²) < 4.78 is 5.66. The number of ether oxygens (including phenoxy) is 1. The van der Waals surface area contributed by atoms with Crippen LogP contribution in [0.1, 0.15) is 62.0 Å². The summed E-state index contributed by atoms with van der Waals surface area (Å²) in [6, 6.07) is 16.3. The van der Waals surface area contributed by atoms with Crippen LogP contribution in [0.3, 0.4) is 0 Å². The fraction of sp³-hybridized carbons (Fsp3) is 0.464. The van der Waals surface area contributed by atoms with E-state index >= 15 is 0 Å². The van der Waals surface area contributed by atoms with E-state index in [0.717, 1.165) is 47.9 Å². The molecule has 35 heavy (non-hydrogen) atoms. The van der Waals surface area contributed by atoms with E-state index in [1.165, 1.54) is 0 Å². The van der Waals surface area contributed by atoms with Crippen molar-refractivity contribution in [2.24, 2.45) is 11.8 Å². The summed E-state index contributed by atoms with van der Waals surface area (Å²) >= 11 is 0. The largest absolute Gasteiger partial charge is 0.481 e. The molecule has 3 aliphatic rings. The van der Waals surface area contributed by atoms with Gasteiger partial charge >= 0.3 is 12.1 Å². The number of alkyl carbamates (subject to hydrolysis) is 1. The Morgan fingerprint density at radius 3 is 2.14 bits per heavy atom. The van der Waals surface area contributed by atoms with Crippen LogP contribution in [-0.4, -0.2) is 41.8 Å². The van der Waals surface area contributed by atoms with Crippen molar-refractivity contribution >= 4 is 18.0 Å². The van der Waals surface area contributed by atoms with Gasteiger partial charge in [0.2, 0.25) is 5.91 Å². The van der Waals surface area contributed by atoms with E-state index in [1.54, 1.807) is 0 Å². The minimum absolute atomic E-state index is 0.0430. The van der Waals surface area contributed by atoms with Gasteiger partial charge in [0.1, 0.15) is 12.1 Å². The van der Waals surface area contributed by atoms with Gasteiger partial charge in [0.25, 0.3) is 0 Å². The highest BCUT2D eigenvalue weighted by molar-refractivity contribution is 5.91. The van der Waals surface area contributed by atoms with Gasteiger partial charge in [0.05, 0.1) is 5.92 Å². The summed E-state index contributed by atoms with van der Waals surface area (Å²) in [6.45, 7) is 0.518. The molecule has 0 bridgehead atoms. The Kier molecular flexibility index (Phi) is 6.50. The second kappa shape index (κ2) is 9.72. The number of carbonyl (C=O) groups excluding carboxylic acids is 2. The Balaban J connectivity index is 1.19. The van der Waals surface area contributed by atoms with Gasteiger partial charge in [-0.1, -0.05) is 61.4 Å². The Hall–Kier alpha value is -3.35. The van der Waals surface area contributed by atoms with Crippen molar-refractivity contribution in [1.82, 2.24) is 10.6 Å². The average Bonchev–Trinajstić information content (AvgIpc) is 3.17. The van der Waals surface area contributed by atoms with Gasteiger partial charge in [-0.2, -0.15) is 0 Å². The van der Waals surface area contributed by atoms with Crippen molar-refractivity contribution in [3.05, 3.63) is 59.7 Å². The number of aliphatic carboxylic acids is 1. The van der Waals surface area contributed by atoms with Crippen molar-refractivity contribution in [1.29, 1.82) is 0 Å². The Morgan fingerprint density at radius 1 is 0.914 bits per heavy atom. The Bertz CT molecular complexity index is 1080. The Morgan fingerprint density at radius 2 is 1.54 bits per heavy atom. The van der Waals surface area contributed by atoms with E-state index in [2.05, 4.69) is 34.9 Å². The number of amides is 2. The highest BCUT2D eigenvalue weighted by Crippen LogP contribution is 2.44. The van der Waals surface area contributed by atoms with E-state index in [-0.39, 0.29) is 24.3 Å². The van der Waals surface area contributed by atoms with Crippen molar-refractivity contribution in [2.45, 2.75) is 56.4 Å². The van der Waals surface area contributed by atoms with Gasteiger partial charge in [-0.3, -0.25) is 9.59 Å². The fourth-order valence-electron chi connectivity index (χ4n) is 5.94. The van der Waals surface area contributed by atoms with Crippen molar-refractivity contribution in [3.8, 4) is 11.1 Å². The molecule has 2 saturated carbocycles. The number of carbonyl (C=O) groups is 3. The zero-order valence-electron chi connectivity index (χ0n) is 19.8. The summed E-state index contributed by atoms with van der Waals surface area (Å²) in [4.78, 5) is 37.4. The third-order valence-electron chi connectivity index (χ3n) is 8.08. The van der Waals surface area contributed by atoms with Gasteiger partial charge in [-0.05, 0) is 60.3 Å². The van der Waals surface area contributed by atoms with E-state index in [4.69, 9.17) is 4.74 Å². The fourth-order valence-corrected chi connectivity index (χ4v) is 5.94. The first kappa shape index (κ1) is 23.4. The quantitative estimate of drug-likeness (QED) is 0.547. The van der Waals surface area contributed by atoms with E-state index in [9.17, 15) is 19.5 Å². The number of hydrogen-bond donors (Lipinski definition) is 3. The van der Waals surface area contributed by atoms with Gasteiger partial charge in [0, 0.05) is 12.5 Å². The maximum atomic E-state index is 13.1. The molecule has 2 fully saturated rings. The number of hydrogen-bond acceptors (Lipinski definition) is 4. The number of carboxylic acid groups (broad SMARTS) is 1. The lowest BCUT2D eigenvalue weighted by Gasteiger charge is -2.41. The maximum Gasteiger partial charge on any atom is 0.408 e. The smallest absolute Gasteiger partial charge is 0.408 e. The summed E-state index contributed by atoms with van der Waals surface area (Å²) in [7, 11) is 0. The first-order valence-electron chi connectivity index (χ1n) is 12.6. The third kappa shape index (κ3) is 4.51. The highest BCUT2D eigenvalue weighted by atomic mass is 16.5. The van der Waals surface area contributed by atoms with Crippen LogP contribution >= 0.6 is 0 Å². The topological polar surface area (TPSA) is 105 Å². The molecule has 7 heteroatoms. The van der Waals surface area contributed by atoms with Crippen LogP contribution < -0.4 is 10.6 Å². The summed E-state index contributed by atoms with van der Waals surface area (Å²) in [5.74, 6) is -1.57. The van der Waals surface area contributed by atoms with Gasteiger partial charge < -0.3 is 20.5 Å². The van der Waals surface area contributed by atoms with Crippen LogP contribution in [0.15, 0.2) is 48.5 Å². The predicted molar refractivity (Wildman–Crippen MR) is 131 cm³/mol. The monoisotopic (exact) mass is 476 g/mol. The molecule has 0 heterocycles. The number of fused-ring (bicyclic) bond motifs is 3. The van der Waals surface area contributed by atoms with Crippen LogP contribution in [0, 0.1) is 11.8 Å². The SMILES string of the molecule is O=C(NC1(C(=O)NC[C@H]2CCCC[C@H]2C(=O)O)CCC1)OCC1c2ccccc2-c2ccccc21. The lowest BCUT2D eigenvalue weighted by molar-refractivity contribution is -0.145. The second-order valence-electron chi connectivity index (χ2n) is 10.1. The summed E-state index contributed by atoms with van der Waals surface area (Å²) in [5.41, 5.74) is 3.62. The summed E-state index contributed by atoms with van der Waals surface area (Å²) in [6.07, 6.45) is 4.69. The van der Waals surface area contributed by atoms with Crippen LogP contribution in [0.5, 0.6) is 0 Å². The molecule has 5 rings (SSSR count). The van der Waals surface area contributed by atoms with Crippen LogP contribution in [0.4, 0.5) is 4.79 Å². The van der Waals surface area contributed by atoms with E-state index < -0.39 is 23.5 Å². The van der Waals surface area contributed by atoms with Gasteiger partial charge in [0.15, 0.2) is 0 Å². The molecule has 0 aromatic heterocycles. The molecule has 0 unspecified atom stereocenters. The van der Waals surface area contributed by atoms with Crippen LogP contribution in [-0.2, 0) is 14.3 Å². The minimum atomic E-state index is -0.976. The molecule has 2 amide bonds. The standard InChI is InChI=1S/C28H32N2O5/c31-25(32)19-9-2-1-8-18(19)16-29-26(33)28(14-7-15-28)30-27(34)35-17-24-22-12-5-3-10-20(22)21-11-4-6-13-23(21)24/h3-6,10-13,18-19,24H,1-2,7-9,14-17H2,(H,29,33)(H,30,34)(H,31,32)/t18-,19-/m1/s1. The molecule has 2 aromatic rings. The lowest BCUT2D eigenvalue weighted by atomic mass is 9.75. The number of benzene rings is 2. The van der Waals surface area contributed by atoms with Crippen molar-refractivity contribution in [2.75, 3.05) is 13.2 Å². The van der Waals surface area contributed by atoms with Crippen molar-refractivity contribution < 1.29 is 24.2 Å². The number of rotatable bonds is 7. The second-order valence-corrected chi connectivity index (χ2v) is 10.1. The first-order valence-corrected chi connectivity index (χ1v) is 12.6. The zero-order chi connectivity index (χ0) is 24.4. The summed E-state index contributed by atoms with van der Waals surface area (Å²) in [5, 5.41) is 15.3. The Labute approximate surface area is 205 Å². The third-order valence-corrected chi connectivity index (χ3v) is 8.08. The normalized spacial score (nSPS) is 22.3. The lowest BCUT2D eigenvalue weighted by Crippen LogP contribution is -2.63. The van der Waals surface area contributed by atoms with Crippen LogP contribution in [0.2, 0.25) is 0 Å². The number of carboxylic acids is 1. The van der Waals surface area contributed by atoms with Gasteiger partial charge in [-0.25, -0.2) is 4.79 Å². The zero-order valence-corrected chi connectivity index (χ0v) is 19.8. The number of nitrogens with one attached hydrogen (secondary N) is 2. The molecule has 2 aromatic carbocycles. The maximum absolute atomic E-state index is 13.1. The molecule has 0 radical (unpaired) electrons. The molecule has 0 aliphatic heterocycles. The van der Waals surface area contributed by atoms with E-state index in [0.29, 0.717) is 25.8 Å². The predicted octanol–water partition coefficient (Wildman–Crippen LogP) is 4.46. The minimum Gasteiger partial charge on any atom is -0.481 e. The molecule has 2 atom stereocenters. The molecular formula is C28H32N2O5. The highest BCUT2D eigenvalue weighted by Gasteiger charge is 2.46. The molecule has 0 saturated heterocycles. The van der Waals surface area contributed by atoms with Gasteiger partial charge in [-0.15, -0.1) is 0 Å². The van der Waals surface area contributed by atoms with Crippen LogP contribution in [0.25, 0.3) is 11.1 Å². The first-order chi connectivity index (χ1) is 17.0. The molecule has 184 valence electrons.